The number of carbonyl (C=O) groups excluding carboxylic acids is 2. The van der Waals surface area contributed by atoms with Crippen molar-refractivity contribution in [2.45, 2.75) is 18.9 Å². The summed E-state index contributed by atoms with van der Waals surface area (Å²) in [6, 6.07) is 6.30. The van der Waals surface area contributed by atoms with Crippen molar-refractivity contribution in [2.75, 3.05) is 7.11 Å². The molecule has 0 bridgehead atoms. The number of esters is 1. The van der Waals surface area contributed by atoms with Crippen molar-refractivity contribution in [2.24, 2.45) is 0 Å². The first-order chi connectivity index (χ1) is 9.08. The third-order valence-corrected chi connectivity index (χ3v) is 3.03. The van der Waals surface area contributed by atoms with Crippen molar-refractivity contribution in [1.82, 2.24) is 5.32 Å². The first-order valence-electron chi connectivity index (χ1n) is 5.83. The van der Waals surface area contributed by atoms with Gasteiger partial charge in [-0.1, -0.05) is 28.1 Å². The van der Waals surface area contributed by atoms with E-state index in [1.54, 1.807) is 24.3 Å². The standard InChI is InChI=1S/C14H16BrNO3/c1-3-4-8-12(14(18)19-2)16-13(17)10-6-5-7-11(15)9-10/h3,5-7,9,12H,1,4,8H2,2H3,(H,16,17)/t12-/m1/s1. The molecule has 0 aliphatic rings. The Morgan fingerprint density at radius 2 is 2.26 bits per heavy atom. The van der Waals surface area contributed by atoms with Crippen molar-refractivity contribution in [3.05, 3.63) is 47.0 Å². The van der Waals surface area contributed by atoms with Crippen LogP contribution in [-0.4, -0.2) is 25.0 Å². The van der Waals surface area contributed by atoms with E-state index in [9.17, 15) is 9.59 Å². The topological polar surface area (TPSA) is 55.4 Å². The number of nitrogens with one attached hydrogen (secondary N) is 1. The lowest BCUT2D eigenvalue weighted by Crippen LogP contribution is -2.41. The molecule has 19 heavy (non-hydrogen) atoms. The number of hydrogen-bond donors (Lipinski definition) is 1. The van der Waals surface area contributed by atoms with Crippen LogP contribution in [0.4, 0.5) is 0 Å². The Morgan fingerprint density at radius 1 is 1.53 bits per heavy atom. The lowest BCUT2D eigenvalue weighted by molar-refractivity contribution is -0.143. The fourth-order valence-electron chi connectivity index (χ4n) is 1.55. The molecular formula is C14H16BrNO3. The molecule has 0 aromatic heterocycles. The lowest BCUT2D eigenvalue weighted by atomic mass is 10.1. The van der Waals surface area contributed by atoms with Crippen LogP contribution in [0.15, 0.2) is 41.4 Å². The third kappa shape index (κ3) is 4.87. The van der Waals surface area contributed by atoms with E-state index >= 15 is 0 Å². The van der Waals surface area contributed by atoms with E-state index in [0.29, 0.717) is 18.4 Å². The highest BCUT2D eigenvalue weighted by Crippen LogP contribution is 2.12. The van der Waals surface area contributed by atoms with E-state index in [0.717, 1.165) is 4.47 Å². The van der Waals surface area contributed by atoms with Crippen LogP contribution in [0.2, 0.25) is 0 Å². The molecule has 102 valence electrons. The molecule has 1 atom stereocenters. The Labute approximate surface area is 121 Å². The summed E-state index contributed by atoms with van der Waals surface area (Å²) in [5, 5.41) is 2.66. The largest absolute Gasteiger partial charge is 0.467 e. The van der Waals surface area contributed by atoms with Crippen LogP contribution in [0.3, 0.4) is 0 Å². The van der Waals surface area contributed by atoms with Gasteiger partial charge in [0.25, 0.3) is 5.91 Å². The molecule has 1 N–H and O–H groups in total. The van der Waals surface area contributed by atoms with Crippen LogP contribution in [0, 0.1) is 0 Å². The van der Waals surface area contributed by atoms with Gasteiger partial charge in [0.15, 0.2) is 0 Å². The average Bonchev–Trinajstić information content (AvgIpc) is 2.42. The zero-order valence-corrected chi connectivity index (χ0v) is 12.3. The molecule has 0 unspecified atom stereocenters. The fraction of sp³-hybridized carbons (Fsp3) is 0.286. The van der Waals surface area contributed by atoms with Gasteiger partial charge in [0, 0.05) is 10.0 Å². The van der Waals surface area contributed by atoms with E-state index in [2.05, 4.69) is 32.6 Å². The Morgan fingerprint density at radius 3 is 2.84 bits per heavy atom. The van der Waals surface area contributed by atoms with Gasteiger partial charge in [0.1, 0.15) is 6.04 Å². The van der Waals surface area contributed by atoms with E-state index in [-0.39, 0.29) is 5.91 Å². The zero-order chi connectivity index (χ0) is 14.3. The minimum atomic E-state index is -0.658. The van der Waals surface area contributed by atoms with E-state index in [1.807, 2.05) is 6.07 Å². The number of hydrogen-bond acceptors (Lipinski definition) is 3. The van der Waals surface area contributed by atoms with Gasteiger partial charge in [-0.15, -0.1) is 6.58 Å². The van der Waals surface area contributed by atoms with E-state index < -0.39 is 12.0 Å². The number of benzene rings is 1. The monoisotopic (exact) mass is 325 g/mol. The third-order valence-electron chi connectivity index (χ3n) is 2.54. The summed E-state index contributed by atoms with van der Waals surface area (Å²) in [4.78, 5) is 23.6. The predicted molar refractivity (Wildman–Crippen MR) is 76.8 cm³/mol. The number of methoxy groups -OCH3 is 1. The molecule has 1 amide bonds. The molecule has 0 fully saturated rings. The van der Waals surface area contributed by atoms with Crippen LogP contribution >= 0.6 is 15.9 Å². The molecule has 1 rings (SSSR count). The highest BCUT2D eigenvalue weighted by atomic mass is 79.9. The fourth-order valence-corrected chi connectivity index (χ4v) is 1.95. The highest BCUT2D eigenvalue weighted by Gasteiger charge is 2.21. The molecule has 0 aliphatic carbocycles. The summed E-state index contributed by atoms with van der Waals surface area (Å²) >= 11 is 3.30. The SMILES string of the molecule is C=CCC[C@@H](NC(=O)c1cccc(Br)c1)C(=O)OC. The molecule has 1 aromatic rings. The molecule has 5 heteroatoms. The van der Waals surface area contributed by atoms with Gasteiger partial charge in [-0.3, -0.25) is 4.79 Å². The average molecular weight is 326 g/mol. The highest BCUT2D eigenvalue weighted by molar-refractivity contribution is 9.10. The summed E-state index contributed by atoms with van der Waals surface area (Å²) < 4.78 is 5.48. The molecule has 0 radical (unpaired) electrons. The van der Waals surface area contributed by atoms with E-state index in [1.165, 1.54) is 7.11 Å². The van der Waals surface area contributed by atoms with Crippen LogP contribution in [0.5, 0.6) is 0 Å². The number of amides is 1. The quantitative estimate of drug-likeness (QED) is 0.646. The Balaban J connectivity index is 2.75. The van der Waals surface area contributed by atoms with Gasteiger partial charge >= 0.3 is 5.97 Å². The molecule has 4 nitrogen and oxygen atoms in total. The number of rotatable bonds is 6. The smallest absolute Gasteiger partial charge is 0.328 e. The van der Waals surface area contributed by atoms with Crippen molar-refractivity contribution < 1.29 is 14.3 Å². The minimum absolute atomic E-state index is 0.305. The van der Waals surface area contributed by atoms with Crippen LogP contribution in [-0.2, 0) is 9.53 Å². The van der Waals surface area contributed by atoms with Crippen molar-refractivity contribution in [3.63, 3.8) is 0 Å². The van der Waals surface area contributed by atoms with Crippen LogP contribution in [0.25, 0.3) is 0 Å². The zero-order valence-electron chi connectivity index (χ0n) is 10.7. The van der Waals surface area contributed by atoms with Crippen molar-refractivity contribution >= 4 is 27.8 Å². The second kappa shape index (κ2) is 7.74. The number of ether oxygens (including phenoxy) is 1. The lowest BCUT2D eigenvalue weighted by Gasteiger charge is -2.15. The van der Waals surface area contributed by atoms with Gasteiger partial charge in [0.2, 0.25) is 0 Å². The molecular weight excluding hydrogens is 310 g/mol. The summed E-state index contributed by atoms with van der Waals surface area (Å²) in [7, 11) is 1.30. The normalized spacial score (nSPS) is 11.5. The maximum absolute atomic E-state index is 12.0. The Bertz CT molecular complexity index is 474. The minimum Gasteiger partial charge on any atom is -0.467 e. The second-order valence-corrected chi connectivity index (χ2v) is 4.84. The predicted octanol–water partition coefficient (Wildman–Crippen LogP) is 2.69. The van der Waals surface area contributed by atoms with E-state index in [4.69, 9.17) is 0 Å². The van der Waals surface area contributed by atoms with Gasteiger partial charge in [-0.05, 0) is 31.0 Å². The van der Waals surface area contributed by atoms with Gasteiger partial charge in [0.05, 0.1) is 7.11 Å². The molecule has 0 spiro atoms. The van der Waals surface area contributed by atoms with Crippen LogP contribution < -0.4 is 5.32 Å². The second-order valence-electron chi connectivity index (χ2n) is 3.93. The summed E-state index contributed by atoms with van der Waals surface area (Å²) in [6.07, 6.45) is 2.79. The molecule has 0 saturated carbocycles. The van der Waals surface area contributed by atoms with Gasteiger partial charge in [-0.2, -0.15) is 0 Å². The summed E-state index contributed by atoms with van der Waals surface area (Å²) in [5.74, 6) is -0.758. The number of allylic oxidation sites excluding steroid dienone is 1. The first-order valence-corrected chi connectivity index (χ1v) is 6.63. The molecule has 0 saturated heterocycles. The van der Waals surface area contributed by atoms with Crippen LogP contribution in [0.1, 0.15) is 23.2 Å². The van der Waals surface area contributed by atoms with Gasteiger partial charge in [-0.25, -0.2) is 4.79 Å². The van der Waals surface area contributed by atoms with Crippen molar-refractivity contribution in [3.8, 4) is 0 Å². The Kier molecular flexibility index (Phi) is 6.29. The maximum Gasteiger partial charge on any atom is 0.328 e. The molecule has 0 heterocycles. The Hall–Kier alpha value is -1.62. The first kappa shape index (κ1) is 15.4. The summed E-state index contributed by atoms with van der Waals surface area (Å²) in [6.45, 7) is 3.60. The maximum atomic E-state index is 12.0. The molecule has 1 aromatic carbocycles. The molecule has 0 aliphatic heterocycles. The number of halogens is 1. The van der Waals surface area contributed by atoms with Crippen molar-refractivity contribution in [1.29, 1.82) is 0 Å². The number of carbonyl (C=O) groups is 2. The van der Waals surface area contributed by atoms with Gasteiger partial charge < -0.3 is 10.1 Å². The summed E-state index contributed by atoms with van der Waals surface area (Å²) in [5.41, 5.74) is 0.488.